The lowest BCUT2D eigenvalue weighted by Gasteiger charge is -2.27. The van der Waals surface area contributed by atoms with Crippen LogP contribution < -0.4 is 5.56 Å². The number of hydrogen-bond donors (Lipinski definition) is 1. The number of nitrogens with zero attached hydrogens (tertiary/aromatic N) is 2. The standard InChI is InChI=1S/C20H17N3OS3/c24-20-14-12-23(11-13-5-6-17(27-13)16-3-1-9-25-16)8-7-15(14)21-19(22-20)18-4-2-10-26-18/h1-6,9-10H,7-8,11-12H2,(H,21,22,24). The molecule has 7 heteroatoms. The third-order valence-corrected chi connectivity index (χ3v) is 7.72. The first-order valence-corrected chi connectivity index (χ1v) is 11.3. The van der Waals surface area contributed by atoms with E-state index in [1.54, 1.807) is 22.7 Å². The number of thiophene rings is 3. The third kappa shape index (κ3) is 3.43. The molecule has 4 nitrogen and oxygen atoms in total. The van der Waals surface area contributed by atoms with Crippen LogP contribution in [0.3, 0.4) is 0 Å². The highest BCUT2D eigenvalue weighted by Gasteiger charge is 2.22. The maximum atomic E-state index is 12.6. The van der Waals surface area contributed by atoms with Gasteiger partial charge in [-0.15, -0.1) is 34.0 Å². The Morgan fingerprint density at radius 2 is 1.85 bits per heavy atom. The molecule has 0 spiro atoms. The van der Waals surface area contributed by atoms with Gasteiger partial charge in [0, 0.05) is 40.7 Å². The molecule has 1 aliphatic rings. The minimum absolute atomic E-state index is 0.00134. The maximum absolute atomic E-state index is 12.6. The number of hydrogen-bond acceptors (Lipinski definition) is 6. The molecule has 0 bridgehead atoms. The molecule has 5 rings (SSSR count). The van der Waals surface area contributed by atoms with Crippen LogP contribution in [0.25, 0.3) is 20.5 Å². The van der Waals surface area contributed by atoms with Gasteiger partial charge < -0.3 is 4.98 Å². The fourth-order valence-electron chi connectivity index (χ4n) is 3.38. The average Bonchev–Trinajstić information content (AvgIpc) is 3.44. The van der Waals surface area contributed by atoms with Crippen molar-refractivity contribution >= 4 is 34.0 Å². The lowest BCUT2D eigenvalue weighted by Crippen LogP contribution is -2.35. The van der Waals surface area contributed by atoms with Crippen molar-refractivity contribution in [1.29, 1.82) is 0 Å². The van der Waals surface area contributed by atoms with Gasteiger partial charge in [0.15, 0.2) is 5.82 Å². The molecule has 0 amide bonds. The smallest absolute Gasteiger partial charge is 0.255 e. The van der Waals surface area contributed by atoms with Crippen LogP contribution in [0.2, 0.25) is 0 Å². The summed E-state index contributed by atoms with van der Waals surface area (Å²) in [7, 11) is 0. The summed E-state index contributed by atoms with van der Waals surface area (Å²) in [5.41, 5.74) is 1.76. The summed E-state index contributed by atoms with van der Waals surface area (Å²) in [5.74, 6) is 0.695. The van der Waals surface area contributed by atoms with Gasteiger partial charge in [-0.3, -0.25) is 9.69 Å². The molecule has 0 unspecified atom stereocenters. The minimum atomic E-state index is -0.00134. The molecule has 4 aromatic heterocycles. The van der Waals surface area contributed by atoms with Crippen LogP contribution in [0.5, 0.6) is 0 Å². The molecule has 0 saturated heterocycles. The number of aromatic nitrogens is 2. The zero-order chi connectivity index (χ0) is 18.2. The van der Waals surface area contributed by atoms with E-state index >= 15 is 0 Å². The molecule has 0 aromatic carbocycles. The van der Waals surface area contributed by atoms with E-state index in [0.29, 0.717) is 12.4 Å². The topological polar surface area (TPSA) is 49.0 Å². The molecule has 5 heterocycles. The van der Waals surface area contributed by atoms with Crippen molar-refractivity contribution in [3.63, 3.8) is 0 Å². The summed E-state index contributed by atoms with van der Waals surface area (Å²) in [6, 6.07) is 12.6. The van der Waals surface area contributed by atoms with Crippen LogP contribution in [0.4, 0.5) is 0 Å². The van der Waals surface area contributed by atoms with Crippen molar-refractivity contribution in [3.8, 4) is 20.5 Å². The fourth-order valence-corrected chi connectivity index (χ4v) is 5.93. The summed E-state index contributed by atoms with van der Waals surface area (Å²) >= 11 is 5.21. The molecule has 0 atom stereocenters. The monoisotopic (exact) mass is 411 g/mol. The Bertz CT molecular complexity index is 1110. The Morgan fingerprint density at radius 3 is 2.63 bits per heavy atom. The average molecular weight is 412 g/mol. The number of rotatable bonds is 4. The van der Waals surface area contributed by atoms with Crippen molar-refractivity contribution in [2.45, 2.75) is 19.5 Å². The predicted octanol–water partition coefficient (Wildman–Crippen LogP) is 4.85. The summed E-state index contributed by atoms with van der Waals surface area (Å²) in [4.78, 5) is 27.6. The normalized spacial score (nSPS) is 14.4. The molecular weight excluding hydrogens is 394 g/mol. The lowest BCUT2D eigenvalue weighted by molar-refractivity contribution is 0.244. The van der Waals surface area contributed by atoms with Crippen LogP contribution >= 0.6 is 34.0 Å². The van der Waals surface area contributed by atoms with Gasteiger partial charge in [-0.1, -0.05) is 12.1 Å². The zero-order valence-electron chi connectivity index (χ0n) is 14.5. The van der Waals surface area contributed by atoms with E-state index in [2.05, 4.69) is 39.5 Å². The third-order valence-electron chi connectivity index (χ3n) is 4.71. The van der Waals surface area contributed by atoms with E-state index in [1.807, 2.05) is 28.8 Å². The quantitative estimate of drug-likeness (QED) is 0.522. The van der Waals surface area contributed by atoms with Gasteiger partial charge in [-0.2, -0.15) is 0 Å². The van der Waals surface area contributed by atoms with E-state index in [4.69, 9.17) is 4.98 Å². The highest BCUT2D eigenvalue weighted by atomic mass is 32.1. The molecule has 0 fully saturated rings. The molecule has 0 aliphatic carbocycles. The largest absolute Gasteiger partial charge is 0.306 e. The van der Waals surface area contributed by atoms with Crippen molar-refractivity contribution in [1.82, 2.24) is 14.9 Å². The first-order chi connectivity index (χ1) is 13.3. The highest BCUT2D eigenvalue weighted by Crippen LogP contribution is 2.32. The van der Waals surface area contributed by atoms with E-state index in [0.717, 1.165) is 35.6 Å². The second-order valence-electron chi connectivity index (χ2n) is 6.52. The molecule has 27 heavy (non-hydrogen) atoms. The van der Waals surface area contributed by atoms with Gasteiger partial charge in [0.2, 0.25) is 0 Å². The van der Waals surface area contributed by atoms with E-state index in [-0.39, 0.29) is 5.56 Å². The SMILES string of the molecule is O=c1[nH]c(-c2cccs2)nc2c1CN(Cc1ccc(-c3cccs3)s1)CC2. The molecule has 136 valence electrons. The first-order valence-electron chi connectivity index (χ1n) is 8.77. The summed E-state index contributed by atoms with van der Waals surface area (Å²) < 4.78 is 0. The minimum Gasteiger partial charge on any atom is -0.306 e. The zero-order valence-corrected chi connectivity index (χ0v) is 16.9. The van der Waals surface area contributed by atoms with Gasteiger partial charge in [0.25, 0.3) is 5.56 Å². The Balaban J connectivity index is 1.35. The van der Waals surface area contributed by atoms with Crippen molar-refractivity contribution in [3.05, 3.63) is 73.6 Å². The Kier molecular flexibility index (Phi) is 4.53. The maximum Gasteiger partial charge on any atom is 0.255 e. The molecular formula is C20H17N3OS3. The van der Waals surface area contributed by atoms with Crippen LogP contribution in [0.15, 0.2) is 52.0 Å². The summed E-state index contributed by atoms with van der Waals surface area (Å²) in [6.45, 7) is 2.47. The second-order valence-corrected chi connectivity index (χ2v) is 9.58. The molecule has 1 N–H and O–H groups in total. The summed E-state index contributed by atoms with van der Waals surface area (Å²) in [6.07, 6.45) is 0.820. The van der Waals surface area contributed by atoms with Crippen molar-refractivity contribution in [2.75, 3.05) is 6.54 Å². The molecule has 1 aliphatic heterocycles. The van der Waals surface area contributed by atoms with E-state index in [9.17, 15) is 4.79 Å². The number of nitrogens with one attached hydrogen (secondary N) is 1. The highest BCUT2D eigenvalue weighted by molar-refractivity contribution is 7.21. The van der Waals surface area contributed by atoms with Crippen LogP contribution in [-0.2, 0) is 19.5 Å². The lowest BCUT2D eigenvalue weighted by atomic mass is 10.1. The Labute approximate surface area is 168 Å². The Morgan fingerprint density at radius 1 is 1.04 bits per heavy atom. The van der Waals surface area contributed by atoms with Gasteiger partial charge in [-0.25, -0.2) is 4.98 Å². The van der Waals surface area contributed by atoms with E-state index in [1.165, 1.54) is 14.6 Å². The molecule has 0 radical (unpaired) electrons. The summed E-state index contributed by atoms with van der Waals surface area (Å²) in [5, 5.41) is 4.11. The van der Waals surface area contributed by atoms with Gasteiger partial charge in [-0.05, 0) is 35.0 Å². The predicted molar refractivity (Wildman–Crippen MR) is 114 cm³/mol. The van der Waals surface area contributed by atoms with Crippen molar-refractivity contribution < 1.29 is 0 Å². The first kappa shape index (κ1) is 17.1. The van der Waals surface area contributed by atoms with E-state index < -0.39 is 0 Å². The molecule has 0 saturated carbocycles. The van der Waals surface area contributed by atoms with Crippen molar-refractivity contribution in [2.24, 2.45) is 0 Å². The number of fused-ring (bicyclic) bond motifs is 1. The second kappa shape index (κ2) is 7.16. The van der Waals surface area contributed by atoms with Gasteiger partial charge in [0.05, 0.1) is 16.1 Å². The number of aromatic amines is 1. The van der Waals surface area contributed by atoms with Gasteiger partial charge >= 0.3 is 0 Å². The van der Waals surface area contributed by atoms with Crippen LogP contribution in [0, 0.1) is 0 Å². The number of H-pyrrole nitrogens is 1. The van der Waals surface area contributed by atoms with Gasteiger partial charge in [0.1, 0.15) is 0 Å². The van der Waals surface area contributed by atoms with Crippen LogP contribution in [-0.4, -0.2) is 21.4 Å². The molecule has 4 aromatic rings. The van der Waals surface area contributed by atoms with Crippen LogP contribution in [0.1, 0.15) is 16.1 Å². The fraction of sp³-hybridized carbons (Fsp3) is 0.200. The Hall–Kier alpha value is -2.06.